The van der Waals surface area contributed by atoms with Crippen LogP contribution in [0.1, 0.15) is 18.4 Å². The number of likely N-dealkylation sites (N-methyl/N-ethyl adjacent to an activating group) is 1. The monoisotopic (exact) mass is 334 g/mol. The molecule has 1 amide bonds. The Balaban J connectivity index is 1.61. The van der Waals surface area contributed by atoms with E-state index in [9.17, 15) is 4.79 Å². The van der Waals surface area contributed by atoms with Crippen LogP contribution in [0, 0.1) is 0 Å². The fraction of sp³-hybridized carbons (Fsp3) is 0.333. The maximum absolute atomic E-state index is 13.2. The minimum atomic E-state index is -0.499. The molecule has 4 heterocycles. The van der Waals surface area contributed by atoms with Crippen molar-refractivity contribution in [3.05, 3.63) is 42.5 Å². The smallest absolute Gasteiger partial charge is 0.239 e. The van der Waals surface area contributed by atoms with E-state index in [0.717, 1.165) is 42.0 Å². The number of amides is 1. The Hall–Kier alpha value is -2.96. The van der Waals surface area contributed by atoms with E-state index < -0.39 is 5.41 Å². The second kappa shape index (κ2) is 5.02. The summed E-state index contributed by atoms with van der Waals surface area (Å²) in [4.78, 5) is 33.2. The lowest BCUT2D eigenvalue weighted by Gasteiger charge is -2.40. The van der Waals surface area contributed by atoms with Gasteiger partial charge in [0, 0.05) is 25.8 Å². The van der Waals surface area contributed by atoms with E-state index >= 15 is 0 Å². The van der Waals surface area contributed by atoms with Crippen LogP contribution in [-0.4, -0.2) is 46.0 Å². The van der Waals surface area contributed by atoms with Gasteiger partial charge in [-0.05, 0) is 24.5 Å². The van der Waals surface area contributed by atoms with Crippen molar-refractivity contribution in [3.63, 3.8) is 0 Å². The van der Waals surface area contributed by atoms with Crippen molar-refractivity contribution < 1.29 is 4.79 Å². The van der Waals surface area contributed by atoms with E-state index in [2.05, 4.69) is 30.9 Å². The highest BCUT2D eigenvalue weighted by atomic mass is 16.2. The molecule has 5 rings (SSSR count). The second-order valence-electron chi connectivity index (χ2n) is 6.79. The molecule has 0 aliphatic carbocycles. The van der Waals surface area contributed by atoms with Gasteiger partial charge in [-0.3, -0.25) is 4.79 Å². The largest absolute Gasteiger partial charge is 0.353 e. The molecule has 126 valence electrons. The highest BCUT2D eigenvalue weighted by Crippen LogP contribution is 2.46. The first-order valence-corrected chi connectivity index (χ1v) is 8.47. The number of benzene rings is 1. The average Bonchev–Trinajstić information content (AvgIpc) is 3.21. The summed E-state index contributed by atoms with van der Waals surface area (Å²) in [6.07, 6.45) is 4.97. The Bertz CT molecular complexity index is 982. The van der Waals surface area contributed by atoms with Gasteiger partial charge >= 0.3 is 0 Å². The van der Waals surface area contributed by atoms with Gasteiger partial charge in [0.25, 0.3) is 0 Å². The van der Waals surface area contributed by atoms with E-state index in [-0.39, 0.29) is 5.91 Å². The van der Waals surface area contributed by atoms with Gasteiger partial charge in [0.1, 0.15) is 11.8 Å². The predicted octanol–water partition coefficient (Wildman–Crippen LogP) is 1.87. The zero-order valence-corrected chi connectivity index (χ0v) is 13.9. The number of nitrogens with one attached hydrogen (secondary N) is 1. The molecule has 7 heteroatoms. The molecular weight excluding hydrogens is 316 g/mol. The molecule has 0 bridgehead atoms. The Morgan fingerprint density at radius 2 is 2.08 bits per heavy atom. The van der Waals surface area contributed by atoms with Crippen molar-refractivity contribution in [2.75, 3.05) is 29.9 Å². The van der Waals surface area contributed by atoms with Gasteiger partial charge in [-0.1, -0.05) is 18.2 Å². The van der Waals surface area contributed by atoms with Crippen LogP contribution in [-0.2, 0) is 10.2 Å². The Morgan fingerprint density at radius 1 is 1.20 bits per heavy atom. The summed E-state index contributed by atoms with van der Waals surface area (Å²) in [7, 11) is 1.87. The summed E-state index contributed by atoms with van der Waals surface area (Å²) >= 11 is 0. The number of rotatable bonds is 1. The molecule has 7 nitrogen and oxygen atoms in total. The average molecular weight is 334 g/mol. The number of H-pyrrole nitrogens is 1. The maximum Gasteiger partial charge on any atom is 0.239 e. The Morgan fingerprint density at radius 3 is 3.00 bits per heavy atom. The number of aromatic nitrogens is 4. The number of para-hydroxylation sites is 1. The van der Waals surface area contributed by atoms with Crippen LogP contribution in [0.4, 0.5) is 11.5 Å². The van der Waals surface area contributed by atoms with Crippen molar-refractivity contribution in [2.45, 2.75) is 18.3 Å². The van der Waals surface area contributed by atoms with Gasteiger partial charge in [0.05, 0.1) is 11.7 Å². The van der Waals surface area contributed by atoms with Crippen LogP contribution in [0.3, 0.4) is 0 Å². The molecule has 0 unspecified atom stereocenters. The molecular formula is C18H18N6O. The maximum atomic E-state index is 13.2. The fourth-order valence-electron chi connectivity index (χ4n) is 4.34. The topological polar surface area (TPSA) is 78.0 Å². The van der Waals surface area contributed by atoms with Crippen LogP contribution in [0.2, 0.25) is 0 Å². The number of fused-ring (bicyclic) bond motifs is 3. The van der Waals surface area contributed by atoms with E-state index in [1.54, 1.807) is 11.2 Å². The zero-order valence-electron chi connectivity index (χ0n) is 13.9. The van der Waals surface area contributed by atoms with Crippen molar-refractivity contribution in [1.29, 1.82) is 0 Å². The number of aromatic amines is 1. The van der Waals surface area contributed by atoms with Crippen LogP contribution in [0.15, 0.2) is 36.9 Å². The normalized spacial score (nSPS) is 22.8. The molecule has 2 aliphatic heterocycles. The van der Waals surface area contributed by atoms with Crippen molar-refractivity contribution in [2.24, 2.45) is 0 Å². The number of piperidine rings is 1. The third kappa shape index (κ3) is 1.86. The summed E-state index contributed by atoms with van der Waals surface area (Å²) in [5, 5.41) is 0. The first kappa shape index (κ1) is 14.4. The third-order valence-electron chi connectivity index (χ3n) is 5.49. The SMILES string of the molecule is CN1C(=O)[C@]2(CCCN(c3ncnc4nc[nH]c34)C2)c2ccccc21. The van der Waals surface area contributed by atoms with E-state index in [1.807, 2.05) is 25.2 Å². The molecule has 25 heavy (non-hydrogen) atoms. The molecule has 1 atom stereocenters. The highest BCUT2D eigenvalue weighted by Gasteiger charge is 2.51. The van der Waals surface area contributed by atoms with Gasteiger partial charge in [0.2, 0.25) is 5.91 Å². The summed E-state index contributed by atoms with van der Waals surface area (Å²) in [6, 6.07) is 8.12. The fourth-order valence-corrected chi connectivity index (χ4v) is 4.34. The van der Waals surface area contributed by atoms with Crippen molar-refractivity contribution in [3.8, 4) is 0 Å². The summed E-state index contributed by atoms with van der Waals surface area (Å²) in [6.45, 7) is 1.49. The van der Waals surface area contributed by atoms with Gasteiger partial charge in [0.15, 0.2) is 11.5 Å². The van der Waals surface area contributed by atoms with E-state index in [1.165, 1.54) is 6.33 Å². The highest BCUT2D eigenvalue weighted by molar-refractivity contribution is 6.08. The van der Waals surface area contributed by atoms with Gasteiger partial charge in [-0.25, -0.2) is 15.0 Å². The molecule has 0 radical (unpaired) electrons. The van der Waals surface area contributed by atoms with Crippen LogP contribution in [0.25, 0.3) is 11.2 Å². The molecule has 2 aromatic heterocycles. The standard InChI is InChI=1S/C18H18N6O/c1-23-13-6-3-2-5-12(13)18(17(23)25)7-4-8-24(9-18)16-14-15(20-10-19-14)21-11-22-16/h2-3,5-6,10-11H,4,7-9H2,1H3,(H,19,20,21,22)/t18-/m0/s1. The second-order valence-corrected chi connectivity index (χ2v) is 6.79. The number of imidazole rings is 1. The number of nitrogens with zero attached hydrogens (tertiary/aromatic N) is 5. The lowest BCUT2D eigenvalue weighted by atomic mass is 9.75. The summed E-state index contributed by atoms with van der Waals surface area (Å²) in [5.41, 5.74) is 3.12. The van der Waals surface area contributed by atoms with E-state index in [4.69, 9.17) is 0 Å². The minimum absolute atomic E-state index is 0.174. The number of hydrogen-bond acceptors (Lipinski definition) is 5. The molecule has 2 aliphatic rings. The number of hydrogen-bond donors (Lipinski definition) is 1. The van der Waals surface area contributed by atoms with Crippen molar-refractivity contribution in [1.82, 2.24) is 19.9 Å². The predicted molar refractivity (Wildman–Crippen MR) is 94.7 cm³/mol. The van der Waals surface area contributed by atoms with Crippen LogP contribution >= 0.6 is 0 Å². The molecule has 1 N–H and O–H groups in total. The van der Waals surface area contributed by atoms with Crippen molar-refractivity contribution >= 4 is 28.6 Å². The van der Waals surface area contributed by atoms with Crippen LogP contribution in [0.5, 0.6) is 0 Å². The number of anilines is 2. The lowest BCUT2D eigenvalue weighted by molar-refractivity contribution is -0.123. The number of carbonyl (C=O) groups excluding carboxylic acids is 1. The molecule has 1 aromatic carbocycles. The summed E-state index contributed by atoms with van der Waals surface area (Å²) < 4.78 is 0. The number of carbonyl (C=O) groups is 1. The summed E-state index contributed by atoms with van der Waals surface area (Å²) in [5.74, 6) is 0.995. The molecule has 3 aromatic rings. The van der Waals surface area contributed by atoms with Gasteiger partial charge in [-0.2, -0.15) is 0 Å². The zero-order chi connectivity index (χ0) is 17.0. The quantitative estimate of drug-likeness (QED) is 0.735. The minimum Gasteiger partial charge on any atom is -0.353 e. The first-order chi connectivity index (χ1) is 12.2. The molecule has 1 saturated heterocycles. The van der Waals surface area contributed by atoms with Crippen LogP contribution < -0.4 is 9.80 Å². The van der Waals surface area contributed by atoms with E-state index in [0.29, 0.717) is 12.2 Å². The molecule has 1 fully saturated rings. The van der Waals surface area contributed by atoms with Gasteiger partial charge in [-0.15, -0.1) is 0 Å². The Kier molecular flexibility index (Phi) is 2.89. The third-order valence-corrected chi connectivity index (χ3v) is 5.49. The first-order valence-electron chi connectivity index (χ1n) is 8.47. The molecule has 1 spiro atoms. The molecule has 0 saturated carbocycles. The Labute approximate surface area is 144 Å². The lowest BCUT2D eigenvalue weighted by Crippen LogP contribution is -2.51. The van der Waals surface area contributed by atoms with Gasteiger partial charge < -0.3 is 14.8 Å².